The van der Waals surface area contributed by atoms with Gasteiger partial charge in [-0.1, -0.05) is 29.8 Å². The molecule has 0 unspecified atom stereocenters. The lowest BCUT2D eigenvalue weighted by atomic mass is 10.2. The molecule has 0 atom stereocenters. The van der Waals surface area contributed by atoms with Crippen molar-refractivity contribution in [3.63, 3.8) is 0 Å². The van der Waals surface area contributed by atoms with Gasteiger partial charge in [-0.3, -0.25) is 19.3 Å². The quantitative estimate of drug-likeness (QED) is 0.686. The summed E-state index contributed by atoms with van der Waals surface area (Å²) in [6.07, 6.45) is 4.10. The number of nitrogens with zero attached hydrogens (tertiary/aromatic N) is 2. The second kappa shape index (κ2) is 8.93. The summed E-state index contributed by atoms with van der Waals surface area (Å²) in [6, 6.07) is 14.6. The van der Waals surface area contributed by atoms with Crippen LogP contribution in [0.4, 0.5) is 16.2 Å². The average molecular weight is 442 g/mol. The number of anilines is 2. The molecule has 2 aliphatic heterocycles. The van der Waals surface area contributed by atoms with Gasteiger partial charge >= 0.3 is 0 Å². The lowest BCUT2D eigenvalue weighted by Crippen LogP contribution is -2.36. The van der Waals surface area contributed by atoms with Crippen molar-refractivity contribution in [1.29, 1.82) is 0 Å². The molecular weight excluding hydrogens is 422 g/mol. The van der Waals surface area contributed by atoms with Crippen LogP contribution < -0.4 is 10.2 Å². The number of rotatable bonds is 5. The van der Waals surface area contributed by atoms with Gasteiger partial charge in [-0.25, -0.2) is 0 Å². The molecule has 2 heterocycles. The number of thioether (sulfide) groups is 1. The van der Waals surface area contributed by atoms with Gasteiger partial charge in [0.25, 0.3) is 11.1 Å². The minimum absolute atomic E-state index is 0.310. The smallest absolute Gasteiger partial charge is 0.294 e. The van der Waals surface area contributed by atoms with E-state index in [-0.39, 0.29) is 6.54 Å². The molecule has 0 aromatic heterocycles. The van der Waals surface area contributed by atoms with Crippen LogP contribution in [0.5, 0.6) is 0 Å². The predicted molar refractivity (Wildman–Crippen MR) is 121 cm³/mol. The molecule has 2 saturated heterocycles. The van der Waals surface area contributed by atoms with Gasteiger partial charge in [-0.15, -0.1) is 0 Å². The molecule has 2 aliphatic rings. The van der Waals surface area contributed by atoms with Gasteiger partial charge in [0.15, 0.2) is 0 Å². The Morgan fingerprint density at radius 1 is 1.10 bits per heavy atom. The second-order valence-electron chi connectivity index (χ2n) is 7.11. The van der Waals surface area contributed by atoms with Gasteiger partial charge < -0.3 is 10.2 Å². The summed E-state index contributed by atoms with van der Waals surface area (Å²) in [5.41, 5.74) is 2.51. The van der Waals surface area contributed by atoms with Crippen molar-refractivity contribution in [3.05, 3.63) is 64.0 Å². The number of nitrogens with one attached hydrogen (secondary N) is 1. The van der Waals surface area contributed by atoms with Crippen LogP contribution in [-0.4, -0.2) is 41.6 Å². The van der Waals surface area contributed by atoms with Crippen LogP contribution in [0.2, 0.25) is 5.02 Å². The van der Waals surface area contributed by atoms with Gasteiger partial charge in [0.2, 0.25) is 5.91 Å². The fourth-order valence-electron chi connectivity index (χ4n) is 3.45. The summed E-state index contributed by atoms with van der Waals surface area (Å²) in [4.78, 5) is 40.8. The number of hydrogen-bond donors (Lipinski definition) is 1. The van der Waals surface area contributed by atoms with Crippen molar-refractivity contribution in [2.24, 2.45) is 0 Å². The first-order valence-electron chi connectivity index (χ1n) is 9.65. The third kappa shape index (κ3) is 4.68. The Balaban J connectivity index is 1.41. The van der Waals surface area contributed by atoms with Crippen molar-refractivity contribution in [3.8, 4) is 0 Å². The van der Waals surface area contributed by atoms with Crippen LogP contribution in [-0.2, 0) is 9.59 Å². The number of carbonyl (C=O) groups is 3. The first-order chi connectivity index (χ1) is 14.5. The second-order valence-corrected chi connectivity index (χ2v) is 8.54. The fourth-order valence-corrected chi connectivity index (χ4v) is 4.48. The summed E-state index contributed by atoms with van der Waals surface area (Å²) in [6.45, 7) is 1.79. The third-order valence-electron chi connectivity index (χ3n) is 4.95. The SMILES string of the molecule is O=C(CN1C(=O)S/C(=C\c2ccc(N3CCCC3)cc2)C1=O)Nc1cccc(Cl)c1. The van der Waals surface area contributed by atoms with E-state index in [0.717, 1.165) is 41.0 Å². The molecule has 2 aromatic rings. The zero-order valence-electron chi connectivity index (χ0n) is 16.1. The van der Waals surface area contributed by atoms with Crippen LogP contribution in [0.15, 0.2) is 53.4 Å². The Morgan fingerprint density at radius 3 is 2.53 bits per heavy atom. The normalized spacial score (nSPS) is 17.8. The van der Waals surface area contributed by atoms with E-state index in [1.165, 1.54) is 12.8 Å². The predicted octanol–water partition coefficient (Wildman–Crippen LogP) is 4.62. The Labute approximate surface area is 183 Å². The van der Waals surface area contributed by atoms with Gasteiger partial charge in [-0.05, 0) is 66.6 Å². The minimum atomic E-state index is -0.463. The number of amides is 3. The van der Waals surface area contributed by atoms with Gasteiger partial charge in [0.05, 0.1) is 4.91 Å². The maximum Gasteiger partial charge on any atom is 0.294 e. The molecule has 0 aliphatic carbocycles. The molecule has 3 amide bonds. The molecule has 2 fully saturated rings. The number of imide groups is 1. The number of carbonyl (C=O) groups excluding carboxylic acids is 3. The molecule has 4 rings (SSSR count). The monoisotopic (exact) mass is 441 g/mol. The lowest BCUT2D eigenvalue weighted by Gasteiger charge is -2.17. The highest BCUT2D eigenvalue weighted by atomic mass is 35.5. The summed E-state index contributed by atoms with van der Waals surface area (Å²) in [5, 5.41) is 2.67. The molecule has 30 heavy (non-hydrogen) atoms. The van der Waals surface area contributed by atoms with E-state index in [2.05, 4.69) is 10.2 Å². The molecular formula is C22H20ClN3O3S. The summed E-state index contributed by atoms with van der Waals surface area (Å²) < 4.78 is 0. The maximum absolute atomic E-state index is 12.6. The molecule has 0 spiro atoms. The molecule has 0 bridgehead atoms. The summed E-state index contributed by atoms with van der Waals surface area (Å²) >= 11 is 6.75. The van der Waals surface area contributed by atoms with E-state index >= 15 is 0 Å². The molecule has 8 heteroatoms. The van der Waals surface area contributed by atoms with Gasteiger partial charge in [0, 0.05) is 29.5 Å². The van der Waals surface area contributed by atoms with Gasteiger partial charge in [0.1, 0.15) is 6.54 Å². The summed E-state index contributed by atoms with van der Waals surface area (Å²) in [5.74, 6) is -0.925. The van der Waals surface area contributed by atoms with Crippen molar-refractivity contribution >= 4 is 57.9 Å². The van der Waals surface area contributed by atoms with Crippen LogP contribution >= 0.6 is 23.4 Å². The topological polar surface area (TPSA) is 69.7 Å². The van der Waals surface area contributed by atoms with Crippen molar-refractivity contribution in [2.75, 3.05) is 29.9 Å². The van der Waals surface area contributed by atoms with Crippen molar-refractivity contribution in [1.82, 2.24) is 4.90 Å². The fraction of sp³-hybridized carbons (Fsp3) is 0.227. The van der Waals surface area contributed by atoms with Crippen LogP contribution in [0.3, 0.4) is 0 Å². The maximum atomic E-state index is 12.6. The van der Waals surface area contributed by atoms with E-state index in [4.69, 9.17) is 11.6 Å². The zero-order chi connectivity index (χ0) is 21.1. The zero-order valence-corrected chi connectivity index (χ0v) is 17.7. The highest BCUT2D eigenvalue weighted by Gasteiger charge is 2.36. The van der Waals surface area contributed by atoms with E-state index < -0.39 is 17.1 Å². The highest BCUT2D eigenvalue weighted by molar-refractivity contribution is 8.18. The number of hydrogen-bond acceptors (Lipinski definition) is 5. The number of benzene rings is 2. The van der Waals surface area contributed by atoms with Crippen molar-refractivity contribution < 1.29 is 14.4 Å². The van der Waals surface area contributed by atoms with Crippen LogP contribution in [0, 0.1) is 0 Å². The van der Waals surface area contributed by atoms with E-state index in [1.807, 2.05) is 24.3 Å². The molecule has 154 valence electrons. The lowest BCUT2D eigenvalue weighted by molar-refractivity contribution is -0.127. The Bertz CT molecular complexity index is 1020. The first kappa shape index (κ1) is 20.5. The first-order valence-corrected chi connectivity index (χ1v) is 10.8. The van der Waals surface area contributed by atoms with E-state index in [9.17, 15) is 14.4 Å². The number of halogens is 1. The van der Waals surface area contributed by atoms with E-state index in [0.29, 0.717) is 15.6 Å². The molecule has 0 radical (unpaired) electrons. The molecule has 2 aromatic carbocycles. The van der Waals surface area contributed by atoms with Gasteiger partial charge in [-0.2, -0.15) is 0 Å². The minimum Gasteiger partial charge on any atom is -0.372 e. The standard InChI is InChI=1S/C22H20ClN3O3S/c23-16-4-3-5-17(13-16)24-20(27)14-26-21(28)19(30-22(26)29)12-15-6-8-18(9-7-15)25-10-1-2-11-25/h3-9,12-13H,1-2,10-11,14H2,(H,24,27)/b19-12-. The Kier molecular flexibility index (Phi) is 6.11. The largest absolute Gasteiger partial charge is 0.372 e. The molecule has 1 N–H and O–H groups in total. The highest BCUT2D eigenvalue weighted by Crippen LogP contribution is 2.32. The molecule has 0 saturated carbocycles. The Hall–Kier alpha value is -2.77. The van der Waals surface area contributed by atoms with E-state index in [1.54, 1.807) is 30.3 Å². The van der Waals surface area contributed by atoms with Crippen LogP contribution in [0.1, 0.15) is 18.4 Å². The van der Waals surface area contributed by atoms with Crippen molar-refractivity contribution in [2.45, 2.75) is 12.8 Å². The Morgan fingerprint density at radius 2 is 1.83 bits per heavy atom. The molecule has 6 nitrogen and oxygen atoms in total. The average Bonchev–Trinajstić information content (AvgIpc) is 3.34. The van der Waals surface area contributed by atoms with Crippen LogP contribution in [0.25, 0.3) is 6.08 Å². The third-order valence-corrected chi connectivity index (χ3v) is 6.09. The summed E-state index contributed by atoms with van der Waals surface area (Å²) in [7, 11) is 0.